The molecule has 0 heterocycles. The van der Waals surface area contributed by atoms with E-state index in [4.69, 9.17) is 10.5 Å². The van der Waals surface area contributed by atoms with Crippen LogP contribution < -0.4 is 11.1 Å². The number of nitrogens with one attached hydrogen (secondary N) is 1. The zero-order valence-electron chi connectivity index (χ0n) is 8.67. The maximum absolute atomic E-state index is 10.5. The number of carbonyl (C=O) groups is 1. The van der Waals surface area contributed by atoms with Gasteiger partial charge in [0.05, 0.1) is 13.2 Å². The van der Waals surface area contributed by atoms with Crippen LogP contribution in [0.4, 0.5) is 0 Å². The normalized spacial score (nSPS) is 13.2. The molecule has 78 valence electrons. The molecule has 1 unspecified atom stereocenters. The van der Waals surface area contributed by atoms with Crippen molar-refractivity contribution >= 4 is 5.91 Å². The first kappa shape index (κ1) is 12.4. The summed E-state index contributed by atoms with van der Waals surface area (Å²) in [5.74, 6) is 0.105. The zero-order chi connectivity index (χ0) is 10.3. The van der Waals surface area contributed by atoms with Crippen molar-refractivity contribution in [2.75, 3.05) is 19.8 Å². The van der Waals surface area contributed by atoms with Gasteiger partial charge in [0.2, 0.25) is 5.91 Å². The van der Waals surface area contributed by atoms with Crippen molar-refractivity contribution in [1.29, 1.82) is 0 Å². The van der Waals surface area contributed by atoms with Crippen LogP contribution in [0.25, 0.3) is 0 Å². The monoisotopic (exact) mass is 188 g/mol. The van der Waals surface area contributed by atoms with Gasteiger partial charge in [0.1, 0.15) is 0 Å². The fourth-order valence-electron chi connectivity index (χ4n) is 0.964. The minimum absolute atomic E-state index is 0.201. The van der Waals surface area contributed by atoms with E-state index >= 15 is 0 Å². The lowest BCUT2D eigenvalue weighted by Crippen LogP contribution is -2.42. The molecule has 1 atom stereocenters. The zero-order valence-corrected chi connectivity index (χ0v) is 8.67. The SMILES string of the molecule is CCOCC(NCC(N)=O)C(C)C. The van der Waals surface area contributed by atoms with Crippen molar-refractivity contribution in [3.8, 4) is 0 Å². The Morgan fingerprint density at radius 3 is 2.54 bits per heavy atom. The first-order chi connectivity index (χ1) is 6.07. The number of amides is 1. The van der Waals surface area contributed by atoms with E-state index in [0.29, 0.717) is 19.1 Å². The van der Waals surface area contributed by atoms with Gasteiger partial charge in [-0.1, -0.05) is 13.8 Å². The maximum Gasteiger partial charge on any atom is 0.231 e. The lowest BCUT2D eigenvalue weighted by atomic mass is 10.1. The molecule has 0 aliphatic heterocycles. The first-order valence-electron chi connectivity index (χ1n) is 4.67. The van der Waals surface area contributed by atoms with Crippen molar-refractivity contribution in [2.45, 2.75) is 26.8 Å². The van der Waals surface area contributed by atoms with Gasteiger partial charge in [-0.25, -0.2) is 0 Å². The van der Waals surface area contributed by atoms with Gasteiger partial charge < -0.3 is 15.8 Å². The van der Waals surface area contributed by atoms with Gasteiger partial charge >= 0.3 is 0 Å². The molecular weight excluding hydrogens is 168 g/mol. The van der Waals surface area contributed by atoms with Crippen molar-refractivity contribution < 1.29 is 9.53 Å². The molecule has 13 heavy (non-hydrogen) atoms. The Kier molecular flexibility index (Phi) is 6.54. The molecule has 4 nitrogen and oxygen atoms in total. The number of rotatable bonds is 7. The van der Waals surface area contributed by atoms with Crippen LogP contribution in [0.15, 0.2) is 0 Å². The molecule has 3 N–H and O–H groups in total. The van der Waals surface area contributed by atoms with Crippen molar-refractivity contribution in [1.82, 2.24) is 5.32 Å². The molecule has 0 aromatic rings. The van der Waals surface area contributed by atoms with Crippen LogP contribution in [-0.4, -0.2) is 31.7 Å². The molecule has 0 aliphatic rings. The van der Waals surface area contributed by atoms with E-state index in [0.717, 1.165) is 0 Å². The van der Waals surface area contributed by atoms with Crippen LogP contribution in [0.5, 0.6) is 0 Å². The summed E-state index contributed by atoms with van der Waals surface area (Å²) < 4.78 is 5.27. The minimum atomic E-state index is -0.331. The number of primary amides is 1. The Balaban J connectivity index is 3.73. The molecule has 0 radical (unpaired) electrons. The topological polar surface area (TPSA) is 64.3 Å². The Hall–Kier alpha value is -0.610. The van der Waals surface area contributed by atoms with Crippen molar-refractivity contribution in [3.63, 3.8) is 0 Å². The van der Waals surface area contributed by atoms with Gasteiger partial charge in [-0.15, -0.1) is 0 Å². The number of hydrogen-bond donors (Lipinski definition) is 2. The molecule has 0 bridgehead atoms. The Morgan fingerprint density at radius 2 is 2.15 bits per heavy atom. The third-order valence-electron chi connectivity index (χ3n) is 1.84. The van der Waals surface area contributed by atoms with E-state index in [1.54, 1.807) is 0 Å². The summed E-state index contributed by atoms with van der Waals surface area (Å²) in [6.45, 7) is 7.65. The van der Waals surface area contributed by atoms with Gasteiger partial charge in [0.15, 0.2) is 0 Å². The summed E-state index contributed by atoms with van der Waals surface area (Å²) >= 11 is 0. The predicted molar refractivity (Wildman–Crippen MR) is 52.3 cm³/mol. The smallest absolute Gasteiger partial charge is 0.231 e. The van der Waals surface area contributed by atoms with Crippen LogP contribution in [0, 0.1) is 5.92 Å². The van der Waals surface area contributed by atoms with Gasteiger partial charge in [0.25, 0.3) is 0 Å². The Labute approximate surface area is 79.8 Å². The predicted octanol–water partition coefficient (Wildman–Crippen LogP) is 0.122. The van der Waals surface area contributed by atoms with Crippen LogP contribution in [-0.2, 0) is 9.53 Å². The van der Waals surface area contributed by atoms with Crippen LogP contribution in [0.1, 0.15) is 20.8 Å². The summed E-state index contributed by atoms with van der Waals surface area (Å²) in [7, 11) is 0. The highest BCUT2D eigenvalue weighted by atomic mass is 16.5. The van der Waals surface area contributed by atoms with Gasteiger partial charge in [-0.05, 0) is 12.8 Å². The number of ether oxygens (including phenoxy) is 1. The summed E-state index contributed by atoms with van der Waals surface area (Å²) in [4.78, 5) is 10.5. The van der Waals surface area contributed by atoms with E-state index in [1.165, 1.54) is 0 Å². The summed E-state index contributed by atoms with van der Waals surface area (Å²) in [5, 5.41) is 3.05. The molecule has 1 amide bonds. The molecule has 0 saturated carbocycles. The van der Waals surface area contributed by atoms with E-state index in [2.05, 4.69) is 19.2 Å². The lowest BCUT2D eigenvalue weighted by molar-refractivity contribution is -0.117. The average Bonchev–Trinajstić information content (AvgIpc) is 2.03. The molecule has 0 aromatic carbocycles. The fraction of sp³-hybridized carbons (Fsp3) is 0.889. The number of carbonyl (C=O) groups excluding carboxylic acids is 1. The average molecular weight is 188 g/mol. The second-order valence-electron chi connectivity index (χ2n) is 3.36. The summed E-state index contributed by atoms with van der Waals surface area (Å²) in [6.07, 6.45) is 0. The van der Waals surface area contributed by atoms with E-state index in [1.807, 2.05) is 6.92 Å². The quantitative estimate of drug-likeness (QED) is 0.596. The van der Waals surface area contributed by atoms with E-state index in [-0.39, 0.29) is 18.5 Å². The van der Waals surface area contributed by atoms with Crippen molar-refractivity contribution in [3.05, 3.63) is 0 Å². The molecule has 0 fully saturated rings. The molecule has 0 spiro atoms. The highest BCUT2D eigenvalue weighted by Gasteiger charge is 2.12. The second kappa shape index (κ2) is 6.86. The molecule has 4 heteroatoms. The molecule has 0 aromatic heterocycles. The largest absolute Gasteiger partial charge is 0.380 e. The van der Waals surface area contributed by atoms with Crippen LogP contribution in [0.3, 0.4) is 0 Å². The van der Waals surface area contributed by atoms with E-state index in [9.17, 15) is 4.79 Å². The van der Waals surface area contributed by atoms with Crippen molar-refractivity contribution in [2.24, 2.45) is 11.7 Å². The standard InChI is InChI=1S/C9H20N2O2/c1-4-13-6-8(7(2)3)11-5-9(10)12/h7-8,11H,4-6H2,1-3H3,(H2,10,12). The van der Waals surface area contributed by atoms with Gasteiger partial charge in [-0.2, -0.15) is 0 Å². The fourth-order valence-corrected chi connectivity index (χ4v) is 0.964. The maximum atomic E-state index is 10.5. The van der Waals surface area contributed by atoms with E-state index < -0.39 is 0 Å². The summed E-state index contributed by atoms with van der Waals surface area (Å²) in [5.41, 5.74) is 5.03. The Bertz CT molecular complexity index is 149. The molecule has 0 aliphatic carbocycles. The second-order valence-corrected chi connectivity index (χ2v) is 3.36. The highest BCUT2D eigenvalue weighted by molar-refractivity contribution is 5.75. The van der Waals surface area contributed by atoms with Crippen LogP contribution in [0.2, 0.25) is 0 Å². The minimum Gasteiger partial charge on any atom is -0.380 e. The highest BCUT2D eigenvalue weighted by Crippen LogP contribution is 2.01. The third-order valence-corrected chi connectivity index (χ3v) is 1.84. The summed E-state index contributed by atoms with van der Waals surface area (Å²) in [6, 6.07) is 0.201. The molecule has 0 rings (SSSR count). The van der Waals surface area contributed by atoms with Crippen LogP contribution >= 0.6 is 0 Å². The molecular formula is C9H20N2O2. The first-order valence-corrected chi connectivity index (χ1v) is 4.67. The number of hydrogen-bond acceptors (Lipinski definition) is 3. The lowest BCUT2D eigenvalue weighted by Gasteiger charge is -2.21. The Morgan fingerprint density at radius 1 is 1.54 bits per heavy atom. The third kappa shape index (κ3) is 6.54. The number of nitrogens with two attached hydrogens (primary N) is 1. The van der Waals surface area contributed by atoms with Gasteiger partial charge in [0, 0.05) is 12.6 Å². The van der Waals surface area contributed by atoms with Gasteiger partial charge in [-0.3, -0.25) is 4.79 Å². The molecule has 0 saturated heterocycles.